The number of hydrogen-bond donors (Lipinski definition) is 0. The normalized spacial score (nSPS) is 15.6. The van der Waals surface area contributed by atoms with E-state index >= 15 is 0 Å². The van der Waals surface area contributed by atoms with Crippen molar-refractivity contribution in [3.63, 3.8) is 0 Å². The van der Waals surface area contributed by atoms with Gasteiger partial charge in [-0.3, -0.25) is 9.20 Å². The largest absolute Gasteiger partial charge is 0.337 e. The smallest absolute Gasteiger partial charge is 0.246 e. The van der Waals surface area contributed by atoms with Crippen molar-refractivity contribution in [2.75, 3.05) is 33.2 Å². The van der Waals surface area contributed by atoms with Gasteiger partial charge in [-0.2, -0.15) is 0 Å². The molecule has 0 saturated carbocycles. The Labute approximate surface area is 165 Å². The summed E-state index contributed by atoms with van der Waals surface area (Å²) in [6.45, 7) is 7.53. The highest BCUT2D eigenvalue weighted by Gasteiger charge is 2.18. The first-order valence-corrected chi connectivity index (χ1v) is 9.72. The van der Waals surface area contributed by atoms with Gasteiger partial charge >= 0.3 is 0 Å². The van der Waals surface area contributed by atoms with Gasteiger partial charge in [-0.1, -0.05) is 29.8 Å². The molecule has 1 saturated heterocycles. The predicted octanol–water partition coefficient (Wildman–Crippen LogP) is 3.41. The number of nitrogens with zero attached hydrogens (tertiary/aromatic N) is 4. The van der Waals surface area contributed by atoms with Gasteiger partial charge in [0.25, 0.3) is 0 Å². The lowest BCUT2D eigenvalue weighted by Gasteiger charge is -2.31. The average molecular weight is 374 g/mol. The molecule has 4 rings (SSSR count). The van der Waals surface area contributed by atoms with Crippen LogP contribution in [0.3, 0.4) is 0 Å². The molecule has 0 N–H and O–H groups in total. The van der Waals surface area contributed by atoms with E-state index in [1.165, 1.54) is 5.56 Å². The second kappa shape index (κ2) is 7.60. The van der Waals surface area contributed by atoms with Crippen LogP contribution in [0, 0.1) is 13.8 Å². The van der Waals surface area contributed by atoms with E-state index in [-0.39, 0.29) is 5.91 Å². The lowest BCUT2D eigenvalue weighted by molar-refractivity contribution is -0.127. The van der Waals surface area contributed by atoms with Crippen LogP contribution in [0.1, 0.15) is 16.8 Å². The van der Waals surface area contributed by atoms with E-state index in [1.807, 2.05) is 17.2 Å². The van der Waals surface area contributed by atoms with Crippen LogP contribution in [0.2, 0.25) is 0 Å². The molecule has 0 radical (unpaired) electrons. The molecular formula is C23H26N4O. The maximum atomic E-state index is 12.7. The van der Waals surface area contributed by atoms with Crippen molar-refractivity contribution in [1.82, 2.24) is 19.2 Å². The topological polar surface area (TPSA) is 40.9 Å². The van der Waals surface area contributed by atoms with E-state index in [0.29, 0.717) is 0 Å². The van der Waals surface area contributed by atoms with Gasteiger partial charge in [0.05, 0.1) is 11.4 Å². The maximum absolute atomic E-state index is 12.7. The summed E-state index contributed by atoms with van der Waals surface area (Å²) in [6.07, 6.45) is 5.62. The Morgan fingerprint density at radius 1 is 1.00 bits per heavy atom. The third kappa shape index (κ3) is 3.71. The first-order valence-electron chi connectivity index (χ1n) is 9.72. The molecule has 2 aromatic heterocycles. The second-order valence-corrected chi connectivity index (χ2v) is 7.61. The fourth-order valence-electron chi connectivity index (χ4n) is 3.53. The molecule has 3 aromatic rings. The molecular weight excluding hydrogens is 348 g/mol. The molecule has 1 fully saturated rings. The number of amides is 1. The van der Waals surface area contributed by atoms with Crippen LogP contribution in [-0.2, 0) is 4.79 Å². The van der Waals surface area contributed by atoms with E-state index in [9.17, 15) is 4.79 Å². The Hall–Kier alpha value is -2.92. The number of carbonyl (C=O) groups excluding carboxylic acids is 1. The Bertz CT molecular complexity index is 1020. The van der Waals surface area contributed by atoms with Gasteiger partial charge in [0.15, 0.2) is 0 Å². The molecule has 1 amide bonds. The van der Waals surface area contributed by atoms with Crippen molar-refractivity contribution in [1.29, 1.82) is 0 Å². The quantitative estimate of drug-likeness (QED) is 0.660. The standard InChI is InChI=1S/C23H26N4O/c1-17-4-6-19(7-5-17)23-20(27-11-10-18(2)16-21(27)24-23)8-9-22(28)26-14-12-25(3)13-15-26/h4-11,16H,12-15H2,1-3H3/b9-8+. The molecule has 0 spiro atoms. The van der Waals surface area contributed by atoms with E-state index in [0.717, 1.165) is 54.3 Å². The second-order valence-electron chi connectivity index (χ2n) is 7.61. The Kier molecular flexibility index (Phi) is 5.01. The summed E-state index contributed by atoms with van der Waals surface area (Å²) in [7, 11) is 2.09. The number of rotatable bonds is 3. The number of pyridine rings is 1. The number of aryl methyl sites for hydroxylation is 2. The molecule has 3 heterocycles. The minimum Gasteiger partial charge on any atom is -0.337 e. The minimum atomic E-state index is 0.0602. The zero-order valence-electron chi connectivity index (χ0n) is 16.7. The summed E-state index contributed by atoms with van der Waals surface area (Å²) < 4.78 is 2.05. The number of piperazine rings is 1. The lowest BCUT2D eigenvalue weighted by atomic mass is 10.1. The highest BCUT2D eigenvalue weighted by Crippen LogP contribution is 2.26. The first kappa shape index (κ1) is 18.4. The number of fused-ring (bicyclic) bond motifs is 1. The molecule has 0 bridgehead atoms. The highest BCUT2D eigenvalue weighted by molar-refractivity contribution is 5.93. The third-order valence-electron chi connectivity index (χ3n) is 5.34. The number of likely N-dealkylation sites (N-methyl/N-ethyl adjacent to an activating group) is 1. The monoisotopic (exact) mass is 374 g/mol. The van der Waals surface area contributed by atoms with Gasteiger partial charge < -0.3 is 9.80 Å². The van der Waals surface area contributed by atoms with E-state index in [2.05, 4.69) is 66.6 Å². The van der Waals surface area contributed by atoms with Crippen molar-refractivity contribution in [2.24, 2.45) is 0 Å². The number of carbonyl (C=O) groups is 1. The molecule has 28 heavy (non-hydrogen) atoms. The van der Waals surface area contributed by atoms with Gasteiger partial charge in [-0.25, -0.2) is 4.98 Å². The number of benzene rings is 1. The Morgan fingerprint density at radius 3 is 2.43 bits per heavy atom. The van der Waals surface area contributed by atoms with Crippen molar-refractivity contribution >= 4 is 17.6 Å². The Balaban J connectivity index is 1.71. The molecule has 1 aliphatic rings. The number of imidazole rings is 1. The van der Waals surface area contributed by atoms with Crippen LogP contribution >= 0.6 is 0 Å². The molecule has 0 aliphatic carbocycles. The van der Waals surface area contributed by atoms with Crippen LogP contribution in [0.25, 0.3) is 23.0 Å². The van der Waals surface area contributed by atoms with E-state index in [1.54, 1.807) is 6.08 Å². The zero-order chi connectivity index (χ0) is 19.7. The van der Waals surface area contributed by atoms with Crippen LogP contribution in [-0.4, -0.2) is 58.3 Å². The summed E-state index contributed by atoms with van der Waals surface area (Å²) >= 11 is 0. The molecule has 5 nitrogen and oxygen atoms in total. The maximum Gasteiger partial charge on any atom is 0.246 e. The molecule has 0 unspecified atom stereocenters. The summed E-state index contributed by atoms with van der Waals surface area (Å²) in [5, 5.41) is 0. The summed E-state index contributed by atoms with van der Waals surface area (Å²) in [5.74, 6) is 0.0602. The van der Waals surface area contributed by atoms with Gasteiger partial charge in [0, 0.05) is 44.0 Å². The van der Waals surface area contributed by atoms with E-state index in [4.69, 9.17) is 4.98 Å². The lowest BCUT2D eigenvalue weighted by Crippen LogP contribution is -2.46. The van der Waals surface area contributed by atoms with Crippen LogP contribution in [0.5, 0.6) is 0 Å². The molecule has 5 heteroatoms. The molecule has 0 atom stereocenters. The van der Waals surface area contributed by atoms with Gasteiger partial charge in [-0.05, 0) is 44.7 Å². The highest BCUT2D eigenvalue weighted by atomic mass is 16.2. The summed E-state index contributed by atoms with van der Waals surface area (Å²) in [4.78, 5) is 21.7. The fourth-order valence-corrected chi connectivity index (χ4v) is 3.53. The van der Waals surface area contributed by atoms with Gasteiger partial charge in [-0.15, -0.1) is 0 Å². The van der Waals surface area contributed by atoms with Crippen molar-refractivity contribution < 1.29 is 4.79 Å². The van der Waals surface area contributed by atoms with E-state index < -0.39 is 0 Å². The van der Waals surface area contributed by atoms with Gasteiger partial charge in [0.2, 0.25) is 5.91 Å². The average Bonchev–Trinajstić information content (AvgIpc) is 3.04. The van der Waals surface area contributed by atoms with Crippen LogP contribution in [0.15, 0.2) is 48.7 Å². The fraction of sp³-hybridized carbons (Fsp3) is 0.304. The van der Waals surface area contributed by atoms with Crippen molar-refractivity contribution in [2.45, 2.75) is 13.8 Å². The van der Waals surface area contributed by atoms with Crippen LogP contribution in [0.4, 0.5) is 0 Å². The first-order chi connectivity index (χ1) is 13.5. The molecule has 1 aliphatic heterocycles. The van der Waals surface area contributed by atoms with Crippen LogP contribution < -0.4 is 0 Å². The van der Waals surface area contributed by atoms with Crippen molar-refractivity contribution in [3.8, 4) is 11.3 Å². The van der Waals surface area contributed by atoms with Gasteiger partial charge in [0.1, 0.15) is 5.65 Å². The predicted molar refractivity (Wildman–Crippen MR) is 113 cm³/mol. The summed E-state index contributed by atoms with van der Waals surface area (Å²) in [6, 6.07) is 12.5. The number of aromatic nitrogens is 2. The molecule has 144 valence electrons. The SMILES string of the molecule is Cc1ccc(-c2nc3cc(C)ccn3c2/C=C/C(=O)N2CCN(C)CC2)cc1. The zero-order valence-corrected chi connectivity index (χ0v) is 16.7. The third-order valence-corrected chi connectivity index (χ3v) is 5.34. The Morgan fingerprint density at radius 2 is 1.71 bits per heavy atom. The molecule has 1 aromatic carbocycles. The van der Waals surface area contributed by atoms with Crippen molar-refractivity contribution in [3.05, 3.63) is 65.5 Å². The summed E-state index contributed by atoms with van der Waals surface area (Å²) in [5.41, 5.74) is 6.15. The minimum absolute atomic E-state index is 0.0602. The number of hydrogen-bond acceptors (Lipinski definition) is 3.